The van der Waals surface area contributed by atoms with Crippen molar-refractivity contribution < 1.29 is 18.7 Å². The van der Waals surface area contributed by atoms with Gasteiger partial charge in [0.15, 0.2) is 0 Å². The monoisotopic (exact) mass is 372 g/mol. The Morgan fingerprint density at radius 3 is 3.22 bits per heavy atom. The minimum Gasteiger partial charge on any atom is -0.467 e. The van der Waals surface area contributed by atoms with Gasteiger partial charge in [0.05, 0.1) is 50.2 Å². The van der Waals surface area contributed by atoms with Crippen molar-refractivity contribution in [1.29, 1.82) is 0 Å². The average Bonchev–Trinajstić information content (AvgIpc) is 3.36. The van der Waals surface area contributed by atoms with Crippen LogP contribution in [-0.2, 0) is 32.8 Å². The Morgan fingerprint density at radius 1 is 1.48 bits per heavy atom. The van der Waals surface area contributed by atoms with Crippen LogP contribution in [0.5, 0.6) is 0 Å². The molecule has 1 fully saturated rings. The average molecular weight is 372 g/mol. The molecule has 1 unspecified atom stereocenters. The number of fused-ring (bicyclic) bond motifs is 2. The zero-order chi connectivity index (χ0) is 18.7. The molecule has 2 aromatic heterocycles. The first-order chi connectivity index (χ1) is 13.2. The summed E-state index contributed by atoms with van der Waals surface area (Å²) >= 11 is 0. The molecule has 4 rings (SSSR count). The van der Waals surface area contributed by atoms with Crippen LogP contribution in [0.15, 0.2) is 29.0 Å². The number of amides is 1. The zero-order valence-electron chi connectivity index (χ0n) is 15.4. The van der Waals surface area contributed by atoms with Crippen LogP contribution < -0.4 is 5.32 Å². The number of aromatic nitrogens is 2. The number of carbonyl (C=O) groups is 1. The zero-order valence-corrected chi connectivity index (χ0v) is 15.4. The minimum atomic E-state index is -0.264. The third-order valence-corrected chi connectivity index (χ3v) is 5.23. The SMILES string of the molecule is COCCC(=O)N1CCC2(COCc3cnc(NCc4ccco4)nc32)C1. The summed E-state index contributed by atoms with van der Waals surface area (Å²) in [4.78, 5) is 23.5. The van der Waals surface area contributed by atoms with Crippen molar-refractivity contribution in [3.05, 3.63) is 41.6 Å². The second-order valence-corrected chi connectivity index (χ2v) is 7.08. The van der Waals surface area contributed by atoms with Crippen LogP contribution in [0.25, 0.3) is 0 Å². The quantitative estimate of drug-likeness (QED) is 0.826. The van der Waals surface area contributed by atoms with Crippen molar-refractivity contribution >= 4 is 11.9 Å². The van der Waals surface area contributed by atoms with E-state index in [9.17, 15) is 4.79 Å². The number of likely N-dealkylation sites (tertiary alicyclic amines) is 1. The van der Waals surface area contributed by atoms with E-state index in [0.29, 0.717) is 51.8 Å². The lowest BCUT2D eigenvalue weighted by molar-refractivity contribution is -0.131. The molecule has 1 atom stereocenters. The fourth-order valence-electron chi connectivity index (χ4n) is 3.80. The fraction of sp³-hybridized carbons (Fsp3) is 0.526. The lowest BCUT2D eigenvalue weighted by Gasteiger charge is -2.34. The number of ether oxygens (including phenoxy) is 2. The number of methoxy groups -OCH3 is 1. The molecular formula is C19H24N4O4. The smallest absolute Gasteiger partial charge is 0.224 e. The van der Waals surface area contributed by atoms with E-state index in [4.69, 9.17) is 18.9 Å². The Bertz CT molecular complexity index is 795. The predicted octanol–water partition coefficient (Wildman–Crippen LogP) is 1.72. The van der Waals surface area contributed by atoms with Gasteiger partial charge in [0.1, 0.15) is 5.76 Å². The summed E-state index contributed by atoms with van der Waals surface area (Å²) in [6.45, 7) is 3.38. The Hall–Kier alpha value is -2.45. The molecule has 8 nitrogen and oxygen atoms in total. The van der Waals surface area contributed by atoms with Crippen molar-refractivity contribution in [2.45, 2.75) is 31.4 Å². The Balaban J connectivity index is 1.51. The van der Waals surface area contributed by atoms with Gasteiger partial charge in [-0.1, -0.05) is 0 Å². The number of nitrogens with zero attached hydrogens (tertiary/aromatic N) is 3. The highest BCUT2D eigenvalue weighted by Crippen LogP contribution is 2.39. The topological polar surface area (TPSA) is 89.7 Å². The van der Waals surface area contributed by atoms with E-state index >= 15 is 0 Å². The lowest BCUT2D eigenvalue weighted by atomic mass is 9.80. The standard InChI is InChI=1S/C19H24N4O4/c1-25-8-4-16(24)23-6-5-19(12-23)13-26-11-14-9-20-18(22-17(14)19)21-10-15-3-2-7-27-15/h2-3,7,9H,4-6,8,10-13H2,1H3,(H,20,21,22). The number of hydrogen-bond donors (Lipinski definition) is 1. The highest BCUT2D eigenvalue weighted by Gasteiger charge is 2.46. The molecule has 8 heteroatoms. The summed E-state index contributed by atoms with van der Waals surface area (Å²) in [5, 5.41) is 3.21. The summed E-state index contributed by atoms with van der Waals surface area (Å²) in [5.74, 6) is 1.51. The number of hydrogen-bond acceptors (Lipinski definition) is 7. The van der Waals surface area contributed by atoms with E-state index in [0.717, 1.165) is 23.4 Å². The highest BCUT2D eigenvalue weighted by atomic mass is 16.5. The van der Waals surface area contributed by atoms with E-state index in [1.165, 1.54) is 0 Å². The number of carbonyl (C=O) groups excluding carboxylic acids is 1. The predicted molar refractivity (Wildman–Crippen MR) is 97.1 cm³/mol. The first-order valence-corrected chi connectivity index (χ1v) is 9.17. The molecule has 0 bridgehead atoms. The summed E-state index contributed by atoms with van der Waals surface area (Å²) < 4.78 is 16.2. The van der Waals surface area contributed by atoms with Gasteiger partial charge in [-0.3, -0.25) is 4.79 Å². The molecule has 1 saturated heterocycles. The molecular weight excluding hydrogens is 348 g/mol. The van der Waals surface area contributed by atoms with E-state index in [1.807, 2.05) is 23.2 Å². The maximum absolute atomic E-state index is 12.4. The van der Waals surface area contributed by atoms with Gasteiger partial charge >= 0.3 is 0 Å². The van der Waals surface area contributed by atoms with Crippen LogP contribution >= 0.6 is 0 Å². The van der Waals surface area contributed by atoms with Crippen molar-refractivity contribution in [3.8, 4) is 0 Å². The summed E-state index contributed by atoms with van der Waals surface area (Å²) in [5.41, 5.74) is 1.73. The molecule has 2 aliphatic rings. The molecule has 1 N–H and O–H groups in total. The molecule has 0 aromatic carbocycles. The molecule has 1 spiro atoms. The van der Waals surface area contributed by atoms with E-state index in [1.54, 1.807) is 13.4 Å². The van der Waals surface area contributed by atoms with Gasteiger partial charge in [-0.25, -0.2) is 9.97 Å². The lowest BCUT2D eigenvalue weighted by Crippen LogP contribution is -2.42. The van der Waals surface area contributed by atoms with Crippen LogP contribution in [0.1, 0.15) is 29.9 Å². The van der Waals surface area contributed by atoms with E-state index in [-0.39, 0.29) is 11.3 Å². The van der Waals surface area contributed by atoms with E-state index in [2.05, 4.69) is 10.3 Å². The van der Waals surface area contributed by atoms with Gasteiger partial charge in [-0.15, -0.1) is 0 Å². The maximum atomic E-state index is 12.4. The number of rotatable bonds is 6. The summed E-state index contributed by atoms with van der Waals surface area (Å²) in [6, 6.07) is 3.76. The van der Waals surface area contributed by atoms with Gasteiger partial charge in [-0.2, -0.15) is 0 Å². The Labute approximate surface area is 157 Å². The summed E-state index contributed by atoms with van der Waals surface area (Å²) in [7, 11) is 1.61. The van der Waals surface area contributed by atoms with Crippen molar-refractivity contribution in [3.63, 3.8) is 0 Å². The van der Waals surface area contributed by atoms with Crippen molar-refractivity contribution in [1.82, 2.24) is 14.9 Å². The van der Waals surface area contributed by atoms with Crippen molar-refractivity contribution in [2.75, 3.05) is 38.7 Å². The van der Waals surface area contributed by atoms with Crippen LogP contribution in [0, 0.1) is 0 Å². The van der Waals surface area contributed by atoms with E-state index < -0.39 is 0 Å². The number of anilines is 1. The first kappa shape index (κ1) is 17.9. The molecule has 2 aromatic rings. The second kappa shape index (κ2) is 7.66. The van der Waals surface area contributed by atoms with Gasteiger partial charge < -0.3 is 24.1 Å². The van der Waals surface area contributed by atoms with Gasteiger partial charge in [0.25, 0.3) is 0 Å². The van der Waals surface area contributed by atoms with Crippen LogP contribution in [0.4, 0.5) is 5.95 Å². The Kier molecular flexibility index (Phi) is 5.09. The third kappa shape index (κ3) is 3.68. The molecule has 144 valence electrons. The third-order valence-electron chi connectivity index (χ3n) is 5.23. The second-order valence-electron chi connectivity index (χ2n) is 7.08. The van der Waals surface area contributed by atoms with Crippen LogP contribution in [-0.4, -0.2) is 54.2 Å². The fourth-order valence-corrected chi connectivity index (χ4v) is 3.80. The van der Waals surface area contributed by atoms with Crippen LogP contribution in [0.2, 0.25) is 0 Å². The molecule has 0 aliphatic carbocycles. The number of nitrogens with one attached hydrogen (secondary N) is 1. The molecule has 2 aliphatic heterocycles. The number of furan rings is 1. The van der Waals surface area contributed by atoms with Gasteiger partial charge in [-0.05, 0) is 18.6 Å². The highest BCUT2D eigenvalue weighted by molar-refractivity contribution is 5.77. The molecule has 1 amide bonds. The van der Waals surface area contributed by atoms with Crippen LogP contribution in [0.3, 0.4) is 0 Å². The van der Waals surface area contributed by atoms with Gasteiger partial charge in [0.2, 0.25) is 11.9 Å². The molecule has 27 heavy (non-hydrogen) atoms. The minimum absolute atomic E-state index is 0.117. The molecule has 0 radical (unpaired) electrons. The van der Waals surface area contributed by atoms with Crippen molar-refractivity contribution in [2.24, 2.45) is 0 Å². The summed E-state index contributed by atoms with van der Waals surface area (Å²) in [6.07, 6.45) is 4.71. The first-order valence-electron chi connectivity index (χ1n) is 9.17. The largest absolute Gasteiger partial charge is 0.467 e. The maximum Gasteiger partial charge on any atom is 0.224 e. The molecule has 4 heterocycles. The molecule has 0 saturated carbocycles. The Morgan fingerprint density at radius 2 is 2.41 bits per heavy atom. The normalized spacial score (nSPS) is 21.4. The van der Waals surface area contributed by atoms with Gasteiger partial charge in [0, 0.05) is 32.0 Å².